The maximum atomic E-state index is 14.2. The molecule has 2 aromatic carbocycles. The number of hydrogen-bond donors (Lipinski definition) is 11. The van der Waals surface area contributed by atoms with Crippen molar-refractivity contribution in [1.29, 1.82) is 0 Å². The third-order valence-electron chi connectivity index (χ3n) is 9.25. The zero-order valence-corrected chi connectivity index (χ0v) is 27.5. The van der Waals surface area contributed by atoms with Gasteiger partial charge in [-0.05, 0) is 38.1 Å². The molecule has 3 aromatic rings. The number of aliphatic hydroxyl groups excluding tert-OH is 9. The van der Waals surface area contributed by atoms with Gasteiger partial charge in [0.1, 0.15) is 83.2 Å². The van der Waals surface area contributed by atoms with Crippen LogP contribution in [0.4, 0.5) is 0 Å². The van der Waals surface area contributed by atoms with Crippen molar-refractivity contribution in [1.82, 2.24) is 0 Å². The van der Waals surface area contributed by atoms with Crippen LogP contribution in [0.5, 0.6) is 23.0 Å². The highest BCUT2D eigenvalue weighted by Gasteiger charge is 2.51. The van der Waals surface area contributed by atoms with Crippen molar-refractivity contribution in [3.05, 3.63) is 46.6 Å². The Kier molecular flexibility index (Phi) is 11.0. The lowest BCUT2D eigenvalue weighted by molar-refractivity contribution is -0.354. The van der Waals surface area contributed by atoms with E-state index in [0.717, 1.165) is 12.1 Å². The van der Waals surface area contributed by atoms with Crippen molar-refractivity contribution < 1.29 is 89.0 Å². The topological polar surface area (TPSA) is 308 Å². The average molecular weight is 741 g/mol. The highest BCUT2D eigenvalue weighted by molar-refractivity contribution is 5.88. The van der Waals surface area contributed by atoms with Gasteiger partial charge in [0.2, 0.25) is 23.8 Å². The number of fused-ring (bicyclic) bond motifs is 1. The van der Waals surface area contributed by atoms with Gasteiger partial charge in [0.15, 0.2) is 18.2 Å². The van der Waals surface area contributed by atoms with Gasteiger partial charge in [-0.25, -0.2) is 0 Å². The second-order valence-corrected chi connectivity index (χ2v) is 12.9. The molecule has 0 aliphatic carbocycles. The number of aromatic hydroxyl groups is 2. The highest BCUT2D eigenvalue weighted by atomic mass is 16.8. The fourth-order valence-electron chi connectivity index (χ4n) is 6.17. The predicted octanol–water partition coefficient (Wildman–Crippen LogP) is -2.89. The number of aliphatic hydroxyl groups is 9. The summed E-state index contributed by atoms with van der Waals surface area (Å²) in [5.41, 5.74) is -1.20. The first kappa shape index (κ1) is 38.1. The Morgan fingerprint density at radius 1 is 0.673 bits per heavy atom. The molecule has 4 heterocycles. The molecule has 3 aliphatic rings. The molecule has 11 N–H and O–H groups in total. The molecule has 15 atom stereocenters. The van der Waals surface area contributed by atoms with E-state index in [9.17, 15) is 61.0 Å². The molecule has 52 heavy (non-hydrogen) atoms. The van der Waals surface area contributed by atoms with Gasteiger partial charge in [0.25, 0.3) is 0 Å². The Morgan fingerprint density at radius 2 is 1.27 bits per heavy atom. The molecular weight excluding hydrogens is 700 g/mol. The summed E-state index contributed by atoms with van der Waals surface area (Å²) < 4.78 is 40.1. The largest absolute Gasteiger partial charge is 0.508 e. The summed E-state index contributed by atoms with van der Waals surface area (Å²) in [6.07, 6.45) is -24.1. The van der Waals surface area contributed by atoms with Crippen molar-refractivity contribution in [2.24, 2.45) is 0 Å². The maximum absolute atomic E-state index is 14.2. The van der Waals surface area contributed by atoms with Crippen LogP contribution in [0.1, 0.15) is 13.8 Å². The van der Waals surface area contributed by atoms with Crippen LogP contribution in [0.3, 0.4) is 0 Å². The smallest absolute Gasteiger partial charge is 0.239 e. The van der Waals surface area contributed by atoms with E-state index in [-0.39, 0.29) is 28.4 Å². The van der Waals surface area contributed by atoms with E-state index in [1.54, 1.807) is 0 Å². The van der Waals surface area contributed by atoms with Crippen LogP contribution in [0, 0.1) is 0 Å². The van der Waals surface area contributed by atoms with Crippen LogP contribution in [-0.4, -0.2) is 155 Å². The Morgan fingerprint density at radius 3 is 1.88 bits per heavy atom. The fraction of sp³-hybridized carbons (Fsp3) is 0.545. The number of hydrogen-bond acceptors (Lipinski definition) is 19. The summed E-state index contributed by atoms with van der Waals surface area (Å²) in [5.74, 6) is -2.07. The molecule has 3 saturated heterocycles. The first-order valence-electron chi connectivity index (χ1n) is 16.2. The quantitative estimate of drug-likeness (QED) is 0.110. The monoisotopic (exact) mass is 740 g/mol. The average Bonchev–Trinajstić information content (AvgIpc) is 3.11. The SMILES string of the molecule is C[C@@H]1O[C@H](Oc2cc(O)c3c(=O)c(O[C@H]4O[C@H](CO)[C@H](O)[C@@H](O)[C@H]4O[C@H]4O[C@@H](C)[C@H](O)[C@@H](O)[C@H]4O)c(-c4ccc(O)cc4)oc3c2)[C@H](O)[C@H](O)[C@H]1O. The lowest BCUT2D eigenvalue weighted by Gasteiger charge is -2.45. The minimum atomic E-state index is -1.93. The van der Waals surface area contributed by atoms with Crippen LogP contribution in [0.2, 0.25) is 0 Å². The minimum Gasteiger partial charge on any atom is -0.508 e. The van der Waals surface area contributed by atoms with Crippen LogP contribution >= 0.6 is 0 Å². The van der Waals surface area contributed by atoms with E-state index in [4.69, 9.17) is 32.8 Å². The third kappa shape index (κ3) is 7.03. The van der Waals surface area contributed by atoms with Crippen molar-refractivity contribution in [3.63, 3.8) is 0 Å². The first-order valence-corrected chi connectivity index (χ1v) is 16.2. The van der Waals surface area contributed by atoms with E-state index < -0.39 is 121 Å². The van der Waals surface area contributed by atoms with Gasteiger partial charge in [-0.3, -0.25) is 4.79 Å². The van der Waals surface area contributed by atoms with Crippen molar-refractivity contribution in [2.45, 2.75) is 106 Å². The summed E-state index contributed by atoms with van der Waals surface area (Å²) in [7, 11) is 0. The molecule has 3 fully saturated rings. The Balaban J connectivity index is 1.41. The molecule has 0 amide bonds. The normalized spacial score (nSPS) is 38.2. The third-order valence-corrected chi connectivity index (χ3v) is 9.25. The van der Waals surface area contributed by atoms with Gasteiger partial charge in [-0.1, -0.05) is 0 Å². The number of benzene rings is 2. The summed E-state index contributed by atoms with van der Waals surface area (Å²) in [6.45, 7) is 1.97. The summed E-state index contributed by atoms with van der Waals surface area (Å²) in [4.78, 5) is 14.2. The zero-order chi connectivity index (χ0) is 37.8. The summed E-state index contributed by atoms with van der Waals surface area (Å²) >= 11 is 0. The molecule has 0 saturated carbocycles. The van der Waals surface area contributed by atoms with Crippen LogP contribution in [0.15, 0.2) is 45.6 Å². The number of rotatable bonds is 8. The highest BCUT2D eigenvalue weighted by Crippen LogP contribution is 2.39. The minimum absolute atomic E-state index is 0.124. The van der Waals surface area contributed by atoms with Gasteiger partial charge < -0.3 is 89.0 Å². The molecule has 19 heteroatoms. The fourth-order valence-corrected chi connectivity index (χ4v) is 6.17. The summed E-state index contributed by atoms with van der Waals surface area (Å²) in [6, 6.07) is 7.36. The first-order chi connectivity index (χ1) is 24.6. The lowest BCUT2D eigenvalue weighted by atomic mass is 9.97. The Hall–Kier alpha value is -3.67. The molecular formula is C33H40O19. The molecule has 286 valence electrons. The van der Waals surface area contributed by atoms with Crippen molar-refractivity contribution >= 4 is 11.0 Å². The van der Waals surface area contributed by atoms with Gasteiger partial charge in [0.05, 0.1) is 18.8 Å². The number of phenols is 2. The number of phenolic OH excluding ortho intramolecular Hbond substituents is 2. The van der Waals surface area contributed by atoms with Crippen LogP contribution in [0.25, 0.3) is 22.3 Å². The van der Waals surface area contributed by atoms with Crippen molar-refractivity contribution in [2.75, 3.05) is 6.61 Å². The van der Waals surface area contributed by atoms with Gasteiger partial charge in [0, 0.05) is 17.7 Å². The van der Waals surface area contributed by atoms with E-state index in [0.29, 0.717) is 0 Å². The lowest BCUT2D eigenvalue weighted by Crippen LogP contribution is -2.64. The van der Waals surface area contributed by atoms with E-state index >= 15 is 0 Å². The van der Waals surface area contributed by atoms with E-state index in [1.165, 1.54) is 38.1 Å². The molecule has 0 unspecified atom stereocenters. The second kappa shape index (κ2) is 15.0. The van der Waals surface area contributed by atoms with E-state index in [1.807, 2.05) is 0 Å². The van der Waals surface area contributed by atoms with E-state index in [2.05, 4.69) is 0 Å². The second-order valence-electron chi connectivity index (χ2n) is 12.9. The van der Waals surface area contributed by atoms with Gasteiger partial charge in [-0.2, -0.15) is 0 Å². The molecule has 0 bridgehead atoms. The standard InChI is InChI=1S/C33H40O19/c1-10-19(37)23(41)26(44)31(46-10)48-14-7-15(36)18-16(8-14)49-28(12-3-5-13(35)6-4-12)29(22(18)40)51-33-30(25(43)21(39)17(9-34)50-33)52-32-27(45)24(42)20(38)11(2)47-32/h3-8,10-11,17,19-21,23-27,30-39,41-45H,9H2,1-2H3/t10-,11-,17+,19-,20-,21-,23+,24+,25+,26+,27+,30+,31+,32+,33+/m0/s1. The summed E-state index contributed by atoms with van der Waals surface area (Å²) in [5, 5.41) is 114. The molecule has 3 aliphatic heterocycles. The predicted molar refractivity (Wildman–Crippen MR) is 170 cm³/mol. The number of ether oxygens (including phenoxy) is 6. The Bertz CT molecular complexity index is 1770. The Labute approximate surface area is 293 Å². The molecule has 6 rings (SSSR count). The van der Waals surface area contributed by atoms with Crippen LogP contribution in [-0.2, 0) is 18.9 Å². The van der Waals surface area contributed by atoms with Crippen LogP contribution < -0.4 is 14.9 Å². The maximum Gasteiger partial charge on any atom is 0.239 e. The van der Waals surface area contributed by atoms with Crippen molar-refractivity contribution in [3.8, 4) is 34.3 Å². The molecule has 0 radical (unpaired) electrons. The van der Waals surface area contributed by atoms with Gasteiger partial charge >= 0.3 is 0 Å². The molecule has 19 nitrogen and oxygen atoms in total. The van der Waals surface area contributed by atoms with Gasteiger partial charge in [-0.15, -0.1) is 0 Å². The zero-order valence-electron chi connectivity index (χ0n) is 27.5. The molecule has 0 spiro atoms. The molecule has 1 aromatic heterocycles.